The molecule has 0 aromatic carbocycles. The number of piperidine rings is 1. The number of rotatable bonds is 2. The maximum atomic E-state index is 13.0. The standard InChI is InChI=1S/C11H18F2N2O2.ClH/c1-17-8-3-2-4-15(6-8)10(16)9-5-11(12,13)7-14-9;/h8-9,14H,2-7H2,1H3;1H. The summed E-state index contributed by atoms with van der Waals surface area (Å²) >= 11 is 0. The Bertz CT molecular complexity index is 305. The predicted octanol–water partition coefficient (Wildman–Crippen LogP) is 1.04. The number of hydrogen-bond acceptors (Lipinski definition) is 3. The van der Waals surface area contributed by atoms with Crippen LogP contribution < -0.4 is 5.32 Å². The zero-order valence-corrected chi connectivity index (χ0v) is 11.1. The fourth-order valence-electron chi connectivity index (χ4n) is 2.44. The third kappa shape index (κ3) is 3.52. The van der Waals surface area contributed by atoms with Gasteiger partial charge in [-0.3, -0.25) is 10.1 Å². The molecule has 4 nitrogen and oxygen atoms in total. The second kappa shape index (κ2) is 6.12. The summed E-state index contributed by atoms with van der Waals surface area (Å²) in [5, 5.41) is 2.59. The highest BCUT2D eigenvalue weighted by atomic mass is 35.5. The van der Waals surface area contributed by atoms with Crippen molar-refractivity contribution in [2.45, 2.75) is 37.3 Å². The van der Waals surface area contributed by atoms with Crippen LogP contribution in [0.2, 0.25) is 0 Å². The maximum Gasteiger partial charge on any atom is 0.262 e. The first-order valence-electron chi connectivity index (χ1n) is 5.94. The molecular weight excluding hydrogens is 266 g/mol. The molecule has 106 valence electrons. The number of nitrogens with zero attached hydrogens (tertiary/aromatic N) is 1. The first-order chi connectivity index (χ1) is 8.02. The molecule has 2 heterocycles. The second-order valence-electron chi connectivity index (χ2n) is 4.78. The van der Waals surface area contributed by atoms with E-state index in [4.69, 9.17) is 4.74 Å². The highest BCUT2D eigenvalue weighted by Gasteiger charge is 2.43. The van der Waals surface area contributed by atoms with Gasteiger partial charge in [-0.2, -0.15) is 0 Å². The SMILES string of the molecule is COC1CCCN(C(=O)C2CC(F)(F)CN2)C1.Cl. The smallest absolute Gasteiger partial charge is 0.262 e. The largest absolute Gasteiger partial charge is 0.380 e. The molecule has 0 saturated carbocycles. The third-order valence-electron chi connectivity index (χ3n) is 3.43. The number of ether oxygens (including phenoxy) is 1. The van der Waals surface area contributed by atoms with Crippen molar-refractivity contribution in [3.05, 3.63) is 0 Å². The second-order valence-corrected chi connectivity index (χ2v) is 4.78. The van der Waals surface area contributed by atoms with E-state index in [2.05, 4.69) is 5.32 Å². The Kier molecular flexibility index (Phi) is 5.31. The summed E-state index contributed by atoms with van der Waals surface area (Å²) in [4.78, 5) is 13.7. The van der Waals surface area contributed by atoms with Crippen LogP contribution in [0.25, 0.3) is 0 Å². The number of amides is 1. The van der Waals surface area contributed by atoms with Gasteiger partial charge in [0.15, 0.2) is 0 Å². The number of likely N-dealkylation sites (tertiary alicyclic amines) is 1. The Morgan fingerprint density at radius 3 is 2.78 bits per heavy atom. The number of methoxy groups -OCH3 is 1. The lowest BCUT2D eigenvalue weighted by Gasteiger charge is -2.33. The van der Waals surface area contributed by atoms with Gasteiger partial charge in [-0.25, -0.2) is 8.78 Å². The van der Waals surface area contributed by atoms with Gasteiger partial charge in [-0.15, -0.1) is 12.4 Å². The molecule has 2 aliphatic rings. The maximum absolute atomic E-state index is 13.0. The molecule has 2 aliphatic heterocycles. The van der Waals surface area contributed by atoms with Crippen molar-refractivity contribution in [2.75, 3.05) is 26.7 Å². The van der Waals surface area contributed by atoms with E-state index < -0.39 is 18.5 Å². The van der Waals surface area contributed by atoms with Crippen molar-refractivity contribution < 1.29 is 18.3 Å². The van der Waals surface area contributed by atoms with Gasteiger partial charge in [0.1, 0.15) is 0 Å². The molecule has 1 N–H and O–H groups in total. The number of halogens is 3. The molecule has 2 atom stereocenters. The van der Waals surface area contributed by atoms with E-state index in [1.165, 1.54) is 0 Å². The van der Waals surface area contributed by atoms with Crippen LogP contribution in [0.15, 0.2) is 0 Å². The highest BCUT2D eigenvalue weighted by molar-refractivity contribution is 5.85. The van der Waals surface area contributed by atoms with Crippen molar-refractivity contribution in [3.63, 3.8) is 0 Å². The van der Waals surface area contributed by atoms with E-state index in [1.807, 2.05) is 0 Å². The molecule has 2 unspecified atom stereocenters. The molecule has 2 fully saturated rings. The van der Waals surface area contributed by atoms with E-state index in [0.717, 1.165) is 12.8 Å². The molecule has 2 saturated heterocycles. The zero-order valence-electron chi connectivity index (χ0n) is 10.3. The normalized spacial score (nSPS) is 30.9. The van der Waals surface area contributed by atoms with Crippen molar-refractivity contribution in [1.29, 1.82) is 0 Å². The molecule has 18 heavy (non-hydrogen) atoms. The number of carbonyl (C=O) groups excluding carboxylic acids is 1. The Labute approximate surface area is 111 Å². The van der Waals surface area contributed by atoms with Crippen LogP contribution in [-0.2, 0) is 9.53 Å². The summed E-state index contributed by atoms with van der Waals surface area (Å²) in [6, 6.07) is -0.736. The van der Waals surface area contributed by atoms with Crippen LogP contribution in [0, 0.1) is 0 Å². The summed E-state index contributed by atoms with van der Waals surface area (Å²) in [7, 11) is 1.61. The van der Waals surface area contributed by atoms with Crippen molar-refractivity contribution in [3.8, 4) is 0 Å². The Morgan fingerprint density at radius 2 is 2.22 bits per heavy atom. The van der Waals surface area contributed by atoms with Gasteiger partial charge in [-0.1, -0.05) is 0 Å². The minimum atomic E-state index is -2.75. The van der Waals surface area contributed by atoms with Crippen LogP contribution in [0.4, 0.5) is 8.78 Å². The Balaban J connectivity index is 0.00000162. The molecule has 0 aromatic rings. The van der Waals surface area contributed by atoms with Crippen LogP contribution in [0.1, 0.15) is 19.3 Å². The molecule has 0 aromatic heterocycles. The van der Waals surface area contributed by atoms with Gasteiger partial charge < -0.3 is 9.64 Å². The summed E-state index contributed by atoms with van der Waals surface area (Å²) in [5.74, 6) is -2.97. The van der Waals surface area contributed by atoms with Crippen molar-refractivity contribution >= 4 is 18.3 Å². The van der Waals surface area contributed by atoms with E-state index >= 15 is 0 Å². The molecule has 7 heteroatoms. The van der Waals surface area contributed by atoms with E-state index in [-0.39, 0.29) is 30.8 Å². The lowest BCUT2D eigenvalue weighted by atomic mass is 10.1. The minimum Gasteiger partial charge on any atom is -0.380 e. The van der Waals surface area contributed by atoms with E-state index in [9.17, 15) is 13.6 Å². The first-order valence-corrected chi connectivity index (χ1v) is 5.94. The molecule has 2 rings (SSSR count). The van der Waals surface area contributed by atoms with Crippen molar-refractivity contribution in [2.24, 2.45) is 0 Å². The molecule has 0 spiro atoms. The minimum absolute atomic E-state index is 0. The third-order valence-corrected chi connectivity index (χ3v) is 3.43. The average Bonchev–Trinajstić information content (AvgIpc) is 2.69. The van der Waals surface area contributed by atoms with Gasteiger partial charge >= 0.3 is 0 Å². The predicted molar refractivity (Wildman–Crippen MR) is 65.2 cm³/mol. The molecular formula is C11H19ClF2N2O2. The van der Waals surface area contributed by atoms with Crippen LogP contribution in [0.3, 0.4) is 0 Å². The highest BCUT2D eigenvalue weighted by Crippen LogP contribution is 2.26. The van der Waals surface area contributed by atoms with Crippen LogP contribution in [-0.4, -0.2) is 55.6 Å². The van der Waals surface area contributed by atoms with Crippen LogP contribution in [0.5, 0.6) is 0 Å². The monoisotopic (exact) mass is 284 g/mol. The van der Waals surface area contributed by atoms with Gasteiger partial charge in [-0.05, 0) is 12.8 Å². The topological polar surface area (TPSA) is 41.6 Å². The number of hydrogen-bond donors (Lipinski definition) is 1. The first kappa shape index (κ1) is 15.6. The number of alkyl halides is 2. The van der Waals surface area contributed by atoms with E-state index in [1.54, 1.807) is 12.0 Å². The van der Waals surface area contributed by atoms with Gasteiger partial charge in [0.05, 0.1) is 18.7 Å². The fourth-order valence-corrected chi connectivity index (χ4v) is 2.44. The Morgan fingerprint density at radius 1 is 1.50 bits per heavy atom. The quantitative estimate of drug-likeness (QED) is 0.824. The average molecular weight is 285 g/mol. The Hall–Kier alpha value is -0.460. The van der Waals surface area contributed by atoms with Gasteiger partial charge in [0.2, 0.25) is 5.91 Å². The van der Waals surface area contributed by atoms with Gasteiger partial charge in [0, 0.05) is 26.6 Å². The van der Waals surface area contributed by atoms with Gasteiger partial charge in [0.25, 0.3) is 5.92 Å². The lowest BCUT2D eigenvalue weighted by Crippen LogP contribution is -2.49. The molecule has 0 aliphatic carbocycles. The number of nitrogens with one attached hydrogen (secondary N) is 1. The fraction of sp³-hybridized carbons (Fsp3) is 0.909. The molecule has 1 amide bonds. The zero-order chi connectivity index (χ0) is 12.5. The molecule has 0 bridgehead atoms. The van der Waals surface area contributed by atoms with E-state index in [0.29, 0.717) is 13.1 Å². The summed E-state index contributed by atoms with van der Waals surface area (Å²) < 4.78 is 31.2. The number of carbonyl (C=O) groups is 1. The van der Waals surface area contributed by atoms with Crippen LogP contribution >= 0.6 is 12.4 Å². The summed E-state index contributed by atoms with van der Waals surface area (Å²) in [6.45, 7) is 0.756. The molecule has 0 radical (unpaired) electrons. The summed E-state index contributed by atoms with van der Waals surface area (Å²) in [6.07, 6.45) is 1.44. The lowest BCUT2D eigenvalue weighted by molar-refractivity contribution is -0.137. The summed E-state index contributed by atoms with van der Waals surface area (Å²) in [5.41, 5.74) is 0. The van der Waals surface area contributed by atoms with Crippen molar-refractivity contribution in [1.82, 2.24) is 10.2 Å².